The minimum atomic E-state index is 0.915. The van der Waals surface area contributed by atoms with E-state index in [1.54, 1.807) is 0 Å². The molecule has 3 heterocycles. The fourth-order valence-electron chi connectivity index (χ4n) is 6.30. The Bertz CT molecular complexity index is 2440. The molecule has 0 spiro atoms. The van der Waals surface area contributed by atoms with Gasteiger partial charge in [-0.15, -0.1) is 0 Å². The molecule has 0 aliphatic rings. The molecule has 9 rings (SSSR count). The van der Waals surface area contributed by atoms with Crippen molar-refractivity contribution in [1.82, 2.24) is 9.38 Å². The number of benzene rings is 6. The Balaban J connectivity index is 1.24. The first kappa shape index (κ1) is 21.5. The van der Waals surface area contributed by atoms with E-state index in [-0.39, 0.29) is 0 Å². The van der Waals surface area contributed by atoms with Crippen molar-refractivity contribution in [3.63, 3.8) is 0 Å². The van der Waals surface area contributed by atoms with Crippen LogP contribution in [0.15, 0.2) is 138 Å². The predicted molar refractivity (Wildman–Crippen MR) is 166 cm³/mol. The van der Waals surface area contributed by atoms with Crippen molar-refractivity contribution < 1.29 is 4.42 Å². The first-order valence-corrected chi connectivity index (χ1v) is 13.6. The lowest BCUT2D eigenvalue weighted by Crippen LogP contribution is -1.87. The van der Waals surface area contributed by atoms with E-state index < -0.39 is 0 Å². The Morgan fingerprint density at radius 2 is 1.12 bits per heavy atom. The summed E-state index contributed by atoms with van der Waals surface area (Å²) in [4.78, 5) is 5.01. The van der Waals surface area contributed by atoms with E-state index in [1.165, 1.54) is 38.2 Å². The van der Waals surface area contributed by atoms with Gasteiger partial charge in [-0.2, -0.15) is 0 Å². The third-order valence-corrected chi connectivity index (χ3v) is 8.18. The number of aromatic nitrogens is 2. The van der Waals surface area contributed by atoms with Crippen LogP contribution in [0.5, 0.6) is 0 Å². The molecule has 3 nitrogen and oxygen atoms in total. The van der Waals surface area contributed by atoms with Gasteiger partial charge in [0.05, 0.1) is 11.0 Å². The summed E-state index contributed by atoms with van der Waals surface area (Å²) in [6, 6.07) is 45.2. The third-order valence-electron chi connectivity index (χ3n) is 8.18. The van der Waals surface area contributed by atoms with E-state index in [0.717, 1.165) is 44.2 Å². The molecule has 0 unspecified atom stereocenters. The molecule has 186 valence electrons. The molecule has 0 saturated heterocycles. The maximum atomic E-state index is 6.17. The van der Waals surface area contributed by atoms with Crippen LogP contribution in [-0.4, -0.2) is 9.38 Å². The van der Waals surface area contributed by atoms with Gasteiger partial charge in [-0.3, -0.25) is 4.40 Å². The van der Waals surface area contributed by atoms with Gasteiger partial charge in [-0.25, -0.2) is 4.98 Å². The van der Waals surface area contributed by atoms with Gasteiger partial charge >= 0.3 is 0 Å². The fourth-order valence-corrected chi connectivity index (χ4v) is 6.30. The largest absolute Gasteiger partial charge is 0.456 e. The highest BCUT2D eigenvalue weighted by atomic mass is 16.3. The maximum Gasteiger partial charge on any atom is 0.137 e. The van der Waals surface area contributed by atoms with Crippen molar-refractivity contribution in [2.75, 3.05) is 0 Å². The number of furan rings is 1. The molecule has 0 radical (unpaired) electrons. The summed E-state index contributed by atoms with van der Waals surface area (Å²) in [5.74, 6) is 0. The van der Waals surface area contributed by atoms with E-state index in [4.69, 9.17) is 9.40 Å². The zero-order valence-corrected chi connectivity index (χ0v) is 21.5. The van der Waals surface area contributed by atoms with Crippen molar-refractivity contribution in [3.8, 4) is 22.3 Å². The van der Waals surface area contributed by atoms with Crippen LogP contribution in [0.2, 0.25) is 0 Å². The predicted octanol–water partition coefficient (Wildman–Crippen LogP) is 10.0. The lowest BCUT2D eigenvalue weighted by Gasteiger charge is -2.11. The van der Waals surface area contributed by atoms with Crippen molar-refractivity contribution in [2.45, 2.75) is 0 Å². The van der Waals surface area contributed by atoms with E-state index in [2.05, 4.69) is 120 Å². The second kappa shape index (κ2) is 8.05. The molecule has 0 N–H and O–H groups in total. The molecule has 0 bridgehead atoms. The van der Waals surface area contributed by atoms with Crippen molar-refractivity contribution in [2.24, 2.45) is 0 Å². The second-order valence-corrected chi connectivity index (χ2v) is 10.4. The van der Waals surface area contributed by atoms with Crippen molar-refractivity contribution >= 4 is 60.2 Å². The molecule has 0 atom stereocenters. The number of nitrogens with zero attached hydrogens (tertiary/aromatic N) is 2. The van der Waals surface area contributed by atoms with Gasteiger partial charge in [0.2, 0.25) is 0 Å². The third kappa shape index (κ3) is 3.03. The highest BCUT2D eigenvalue weighted by molar-refractivity contribution is 6.24. The van der Waals surface area contributed by atoms with E-state index in [1.807, 2.05) is 18.2 Å². The SMILES string of the molecule is c1cc(-c2ccc3c(c2)oc2ccccc23)cc(-c2ccc3c(c2)c2ccccc2c2nc4ccccn4c32)c1. The van der Waals surface area contributed by atoms with E-state index in [0.29, 0.717) is 0 Å². The zero-order chi connectivity index (χ0) is 26.2. The Kier molecular flexibility index (Phi) is 4.33. The molecule has 0 saturated carbocycles. The Labute approximate surface area is 229 Å². The molecule has 0 aliphatic heterocycles. The summed E-state index contributed by atoms with van der Waals surface area (Å²) in [6.45, 7) is 0. The van der Waals surface area contributed by atoms with Gasteiger partial charge in [-0.1, -0.05) is 84.9 Å². The number of hydrogen-bond acceptors (Lipinski definition) is 2. The maximum absolute atomic E-state index is 6.17. The normalized spacial score (nSPS) is 12.0. The Morgan fingerprint density at radius 3 is 2.00 bits per heavy atom. The Morgan fingerprint density at radius 1 is 0.450 bits per heavy atom. The number of imidazole rings is 1. The number of pyridine rings is 1. The average Bonchev–Trinajstić information content (AvgIpc) is 3.60. The summed E-state index contributed by atoms with van der Waals surface area (Å²) in [5.41, 5.74) is 9.70. The van der Waals surface area contributed by atoms with E-state index >= 15 is 0 Å². The molecule has 40 heavy (non-hydrogen) atoms. The lowest BCUT2D eigenvalue weighted by molar-refractivity contribution is 0.669. The molecule has 0 aliphatic carbocycles. The van der Waals surface area contributed by atoms with Crippen LogP contribution in [0.1, 0.15) is 0 Å². The zero-order valence-electron chi connectivity index (χ0n) is 21.5. The van der Waals surface area contributed by atoms with Crippen molar-refractivity contribution in [3.05, 3.63) is 134 Å². The standard InChI is InChI=1S/C37H22N2O/c1-2-12-30-27(10-1)32-21-25(16-18-31(32)37-36(30)38-35-14-5-6-19-39(35)37)23-8-7-9-24(20-23)26-15-17-29-28-11-3-4-13-33(28)40-34(29)22-26/h1-22H. The van der Waals surface area contributed by atoms with E-state index in [9.17, 15) is 0 Å². The molecule has 9 aromatic rings. The molecule has 0 amide bonds. The smallest absolute Gasteiger partial charge is 0.137 e. The minimum Gasteiger partial charge on any atom is -0.456 e. The molecule has 3 aromatic heterocycles. The summed E-state index contributed by atoms with van der Waals surface area (Å²) >= 11 is 0. The lowest BCUT2D eigenvalue weighted by atomic mass is 9.94. The van der Waals surface area contributed by atoms with Gasteiger partial charge in [0.1, 0.15) is 16.8 Å². The Hall–Kier alpha value is -5.41. The number of fused-ring (bicyclic) bond motifs is 11. The van der Waals surface area contributed by atoms with Gasteiger partial charge < -0.3 is 4.42 Å². The molecule has 0 fully saturated rings. The molecular formula is C37H22N2O. The van der Waals surface area contributed by atoms with Crippen LogP contribution in [0.25, 0.3) is 82.4 Å². The van der Waals surface area contributed by atoms with Crippen LogP contribution in [0.3, 0.4) is 0 Å². The monoisotopic (exact) mass is 510 g/mol. The quantitative estimate of drug-likeness (QED) is 0.217. The molecule has 3 heteroatoms. The van der Waals surface area contributed by atoms with Gasteiger partial charge in [0.25, 0.3) is 0 Å². The van der Waals surface area contributed by atoms with Crippen LogP contribution >= 0.6 is 0 Å². The van der Waals surface area contributed by atoms with Crippen LogP contribution in [0.4, 0.5) is 0 Å². The van der Waals surface area contributed by atoms with Gasteiger partial charge in [0.15, 0.2) is 0 Å². The van der Waals surface area contributed by atoms with Gasteiger partial charge in [-0.05, 0) is 75.5 Å². The van der Waals surface area contributed by atoms with Crippen LogP contribution < -0.4 is 0 Å². The highest BCUT2D eigenvalue weighted by Crippen LogP contribution is 2.38. The average molecular weight is 511 g/mol. The first-order valence-electron chi connectivity index (χ1n) is 13.6. The molecular weight excluding hydrogens is 488 g/mol. The summed E-state index contributed by atoms with van der Waals surface area (Å²) in [6.07, 6.45) is 2.11. The minimum absolute atomic E-state index is 0.915. The highest BCUT2D eigenvalue weighted by Gasteiger charge is 2.15. The summed E-state index contributed by atoms with van der Waals surface area (Å²) < 4.78 is 8.38. The number of rotatable bonds is 2. The summed E-state index contributed by atoms with van der Waals surface area (Å²) in [5, 5.41) is 7.15. The van der Waals surface area contributed by atoms with Crippen LogP contribution in [-0.2, 0) is 0 Å². The van der Waals surface area contributed by atoms with Gasteiger partial charge in [0, 0.05) is 27.7 Å². The van der Waals surface area contributed by atoms with Crippen LogP contribution in [0, 0.1) is 0 Å². The second-order valence-electron chi connectivity index (χ2n) is 10.4. The topological polar surface area (TPSA) is 30.4 Å². The summed E-state index contributed by atoms with van der Waals surface area (Å²) in [7, 11) is 0. The number of para-hydroxylation sites is 1. The molecule has 6 aromatic carbocycles. The number of hydrogen-bond donors (Lipinski definition) is 0. The van der Waals surface area contributed by atoms with Crippen molar-refractivity contribution in [1.29, 1.82) is 0 Å². The fraction of sp³-hybridized carbons (Fsp3) is 0. The first-order chi connectivity index (χ1) is 19.8.